The van der Waals surface area contributed by atoms with Gasteiger partial charge in [0, 0.05) is 6.54 Å². The molecule has 0 spiro atoms. The number of halogens is 1. The summed E-state index contributed by atoms with van der Waals surface area (Å²) in [5.74, 6) is 0.645. The van der Waals surface area contributed by atoms with E-state index in [9.17, 15) is 13.5 Å². The number of ether oxygens (including phenoxy) is 1. The van der Waals surface area contributed by atoms with E-state index in [4.69, 9.17) is 20.8 Å². The fraction of sp³-hybridized carbons (Fsp3) is 0.286. The lowest BCUT2D eigenvalue weighted by Gasteiger charge is -2.21. The van der Waals surface area contributed by atoms with Crippen molar-refractivity contribution in [3.8, 4) is 5.75 Å². The maximum atomic E-state index is 12.2. The molecule has 6 nitrogen and oxygen atoms in total. The molecule has 2 aromatic rings. The van der Waals surface area contributed by atoms with Crippen LogP contribution >= 0.6 is 11.6 Å². The van der Waals surface area contributed by atoms with E-state index in [1.54, 1.807) is 12.1 Å². The molecule has 0 bridgehead atoms. The van der Waals surface area contributed by atoms with E-state index >= 15 is 0 Å². The molecule has 1 heterocycles. The van der Waals surface area contributed by atoms with Crippen LogP contribution in [0.1, 0.15) is 12.7 Å². The first-order chi connectivity index (χ1) is 10.3. The van der Waals surface area contributed by atoms with E-state index in [2.05, 4.69) is 4.72 Å². The highest BCUT2D eigenvalue weighted by molar-refractivity contribution is 7.89. The quantitative estimate of drug-likeness (QED) is 0.837. The highest BCUT2D eigenvalue weighted by Crippen LogP contribution is 2.27. The Morgan fingerprint density at radius 2 is 2.14 bits per heavy atom. The molecule has 0 saturated heterocycles. The summed E-state index contributed by atoms with van der Waals surface area (Å²) in [4.78, 5) is -0.0199. The summed E-state index contributed by atoms with van der Waals surface area (Å²) in [5.41, 5.74) is -1.47. The van der Waals surface area contributed by atoms with Gasteiger partial charge < -0.3 is 14.3 Å². The summed E-state index contributed by atoms with van der Waals surface area (Å²) in [6, 6.07) is 7.29. The van der Waals surface area contributed by atoms with Gasteiger partial charge in [0.25, 0.3) is 0 Å². The smallest absolute Gasteiger partial charge is 0.240 e. The van der Waals surface area contributed by atoms with Gasteiger partial charge in [0.15, 0.2) is 0 Å². The Morgan fingerprint density at radius 1 is 1.41 bits per heavy atom. The first-order valence-electron chi connectivity index (χ1n) is 6.36. The molecule has 22 heavy (non-hydrogen) atoms. The van der Waals surface area contributed by atoms with Gasteiger partial charge in [-0.25, -0.2) is 13.1 Å². The van der Waals surface area contributed by atoms with Crippen molar-refractivity contribution in [3.63, 3.8) is 0 Å². The van der Waals surface area contributed by atoms with Crippen molar-refractivity contribution in [1.29, 1.82) is 0 Å². The van der Waals surface area contributed by atoms with Crippen LogP contribution in [0.25, 0.3) is 0 Å². The molecule has 1 atom stereocenters. The minimum atomic E-state index is -3.82. The lowest BCUT2D eigenvalue weighted by atomic mass is 10.1. The minimum absolute atomic E-state index is 0.0199. The lowest BCUT2D eigenvalue weighted by Crippen LogP contribution is -2.38. The predicted molar refractivity (Wildman–Crippen MR) is 81.5 cm³/mol. The molecule has 0 aliphatic rings. The number of sulfonamides is 1. The van der Waals surface area contributed by atoms with Gasteiger partial charge in [0.2, 0.25) is 10.0 Å². The maximum Gasteiger partial charge on any atom is 0.240 e. The van der Waals surface area contributed by atoms with Gasteiger partial charge in [-0.2, -0.15) is 0 Å². The molecule has 2 N–H and O–H groups in total. The number of benzene rings is 1. The van der Waals surface area contributed by atoms with Crippen molar-refractivity contribution in [2.75, 3.05) is 13.7 Å². The Hall–Kier alpha value is -1.54. The number of methoxy groups -OCH3 is 1. The van der Waals surface area contributed by atoms with Crippen molar-refractivity contribution in [3.05, 3.63) is 47.4 Å². The standard InChI is InChI=1S/C14H16ClNO5S/c1-14(17,13-4-3-7-21-13)9-16-22(18,19)10-5-6-12(20-2)11(15)8-10/h3-8,16-17H,9H2,1-2H3. The Kier molecular flexibility index (Phi) is 4.81. The Balaban J connectivity index is 2.16. The third-order valence-corrected chi connectivity index (χ3v) is 4.79. The summed E-state index contributed by atoms with van der Waals surface area (Å²) < 4.78 is 36.9. The monoisotopic (exact) mass is 345 g/mol. The number of hydrogen-bond acceptors (Lipinski definition) is 5. The van der Waals surface area contributed by atoms with Crippen LogP contribution in [0.15, 0.2) is 45.9 Å². The van der Waals surface area contributed by atoms with Gasteiger partial charge in [-0.1, -0.05) is 11.6 Å². The summed E-state index contributed by atoms with van der Waals surface area (Å²) in [5, 5.41) is 10.4. The van der Waals surface area contributed by atoms with E-state index in [0.717, 1.165) is 0 Å². The molecule has 0 saturated carbocycles. The Bertz CT molecular complexity index is 741. The first-order valence-corrected chi connectivity index (χ1v) is 8.22. The number of aliphatic hydroxyl groups is 1. The van der Waals surface area contributed by atoms with E-state index < -0.39 is 15.6 Å². The molecule has 0 radical (unpaired) electrons. The van der Waals surface area contributed by atoms with Crippen molar-refractivity contribution < 1.29 is 22.7 Å². The van der Waals surface area contributed by atoms with Crippen LogP contribution in [0.5, 0.6) is 5.75 Å². The number of hydrogen-bond donors (Lipinski definition) is 2. The van der Waals surface area contributed by atoms with E-state index in [1.807, 2.05) is 0 Å². The van der Waals surface area contributed by atoms with Crippen molar-refractivity contribution in [1.82, 2.24) is 4.72 Å². The van der Waals surface area contributed by atoms with Crippen molar-refractivity contribution >= 4 is 21.6 Å². The average Bonchev–Trinajstić information content (AvgIpc) is 3.00. The van der Waals surface area contributed by atoms with Crippen LogP contribution in [-0.2, 0) is 15.6 Å². The lowest BCUT2D eigenvalue weighted by molar-refractivity contribution is 0.0395. The largest absolute Gasteiger partial charge is 0.495 e. The zero-order chi connectivity index (χ0) is 16.4. The normalized spacial score (nSPS) is 14.5. The fourth-order valence-corrected chi connectivity index (χ4v) is 3.29. The SMILES string of the molecule is COc1ccc(S(=O)(=O)NCC(C)(O)c2ccco2)cc1Cl. The van der Waals surface area contributed by atoms with Crippen LogP contribution in [-0.4, -0.2) is 27.2 Å². The molecular formula is C14H16ClNO5S. The first kappa shape index (κ1) is 16.8. The van der Waals surface area contributed by atoms with Gasteiger partial charge in [0.1, 0.15) is 17.1 Å². The fourth-order valence-electron chi connectivity index (χ4n) is 1.81. The molecule has 120 valence electrons. The third-order valence-electron chi connectivity index (χ3n) is 3.09. The van der Waals surface area contributed by atoms with Gasteiger partial charge in [-0.3, -0.25) is 0 Å². The van der Waals surface area contributed by atoms with Crippen LogP contribution in [0.4, 0.5) is 0 Å². The molecule has 1 aromatic carbocycles. The second-order valence-electron chi connectivity index (χ2n) is 4.87. The molecule has 0 aliphatic carbocycles. The zero-order valence-electron chi connectivity index (χ0n) is 12.0. The second-order valence-corrected chi connectivity index (χ2v) is 7.05. The highest BCUT2D eigenvalue weighted by atomic mass is 35.5. The average molecular weight is 346 g/mol. The molecule has 0 fully saturated rings. The molecule has 1 unspecified atom stereocenters. The molecule has 8 heteroatoms. The van der Waals surface area contributed by atoms with Gasteiger partial charge in [0.05, 0.1) is 23.3 Å². The number of rotatable bonds is 6. The Labute approximate surface area is 133 Å². The predicted octanol–water partition coefficient (Wildman–Crippen LogP) is 2.13. The second kappa shape index (κ2) is 6.29. The summed E-state index contributed by atoms with van der Waals surface area (Å²) in [7, 11) is -2.39. The van der Waals surface area contributed by atoms with Gasteiger partial charge in [-0.05, 0) is 37.3 Å². The van der Waals surface area contributed by atoms with Gasteiger partial charge in [-0.15, -0.1) is 0 Å². The number of furan rings is 1. The maximum absolute atomic E-state index is 12.2. The molecular weight excluding hydrogens is 330 g/mol. The molecule has 2 rings (SSSR count). The minimum Gasteiger partial charge on any atom is -0.495 e. The summed E-state index contributed by atoms with van der Waals surface area (Å²) in [6.45, 7) is 1.21. The van der Waals surface area contributed by atoms with Crippen LogP contribution in [0.3, 0.4) is 0 Å². The molecule has 0 amide bonds. The number of nitrogens with one attached hydrogen (secondary N) is 1. The van der Waals surface area contributed by atoms with E-state index in [-0.39, 0.29) is 22.2 Å². The van der Waals surface area contributed by atoms with E-state index in [0.29, 0.717) is 5.75 Å². The van der Waals surface area contributed by atoms with Crippen molar-refractivity contribution in [2.24, 2.45) is 0 Å². The summed E-state index contributed by atoms with van der Waals surface area (Å²) >= 11 is 5.93. The van der Waals surface area contributed by atoms with Crippen LogP contribution in [0.2, 0.25) is 5.02 Å². The Morgan fingerprint density at radius 3 is 2.68 bits per heavy atom. The molecule has 1 aromatic heterocycles. The topological polar surface area (TPSA) is 88.8 Å². The van der Waals surface area contributed by atoms with Crippen LogP contribution < -0.4 is 9.46 Å². The third kappa shape index (κ3) is 3.61. The van der Waals surface area contributed by atoms with Gasteiger partial charge >= 0.3 is 0 Å². The highest BCUT2D eigenvalue weighted by Gasteiger charge is 2.29. The van der Waals surface area contributed by atoms with Crippen molar-refractivity contribution in [2.45, 2.75) is 17.4 Å². The van der Waals surface area contributed by atoms with E-state index in [1.165, 1.54) is 38.5 Å². The summed E-state index contributed by atoms with van der Waals surface area (Å²) in [6.07, 6.45) is 1.40. The zero-order valence-corrected chi connectivity index (χ0v) is 13.6. The molecule has 0 aliphatic heterocycles. The van der Waals surface area contributed by atoms with Crippen LogP contribution in [0, 0.1) is 0 Å².